The van der Waals surface area contributed by atoms with E-state index in [0.29, 0.717) is 6.54 Å². The smallest absolute Gasteiger partial charge is 0.123 e. The second-order valence-corrected chi connectivity index (χ2v) is 4.18. The zero-order valence-corrected chi connectivity index (χ0v) is 9.86. The van der Waals surface area contributed by atoms with Gasteiger partial charge in [0, 0.05) is 12.5 Å². The Kier molecular flexibility index (Phi) is 3.55. The Balaban J connectivity index is 2.40. The van der Waals surface area contributed by atoms with Gasteiger partial charge in [-0.25, -0.2) is 4.39 Å². The van der Waals surface area contributed by atoms with Gasteiger partial charge in [0.2, 0.25) is 0 Å². The lowest BCUT2D eigenvalue weighted by molar-refractivity contribution is 0.624. The Labute approximate surface area is 101 Å². The molecule has 17 heavy (non-hydrogen) atoms. The fourth-order valence-electron chi connectivity index (χ4n) is 2.10. The molecule has 2 heteroatoms. The van der Waals surface area contributed by atoms with Crippen molar-refractivity contribution >= 4 is 0 Å². The quantitative estimate of drug-likeness (QED) is 0.857. The van der Waals surface area contributed by atoms with Crippen LogP contribution in [0.4, 0.5) is 4.39 Å². The van der Waals surface area contributed by atoms with E-state index in [4.69, 9.17) is 5.73 Å². The highest BCUT2D eigenvalue weighted by atomic mass is 19.1. The zero-order valence-electron chi connectivity index (χ0n) is 9.86. The van der Waals surface area contributed by atoms with Gasteiger partial charge < -0.3 is 5.73 Å². The number of benzene rings is 2. The minimum atomic E-state index is -0.195. The maximum Gasteiger partial charge on any atom is 0.123 e. The predicted octanol–water partition coefficient (Wildman–Crippen LogP) is 3.44. The molecule has 0 aliphatic carbocycles. The molecular formula is C15H16FN. The van der Waals surface area contributed by atoms with Gasteiger partial charge in [0.05, 0.1) is 0 Å². The van der Waals surface area contributed by atoms with E-state index in [-0.39, 0.29) is 11.7 Å². The lowest BCUT2D eigenvalue weighted by Gasteiger charge is -2.16. The van der Waals surface area contributed by atoms with Crippen molar-refractivity contribution in [2.45, 2.75) is 19.4 Å². The van der Waals surface area contributed by atoms with Crippen LogP contribution in [0.1, 0.15) is 29.5 Å². The van der Waals surface area contributed by atoms with Crippen molar-refractivity contribution in [1.29, 1.82) is 0 Å². The third-order valence-corrected chi connectivity index (χ3v) is 3.09. The molecule has 0 saturated heterocycles. The van der Waals surface area contributed by atoms with Gasteiger partial charge in [0.25, 0.3) is 0 Å². The standard InChI is InChI=1S/C15H16FN/c1-11(12-6-4-7-14(16)9-12)15-8-3-2-5-13(15)10-17/h2-9,11H,10,17H2,1H3. The summed E-state index contributed by atoms with van der Waals surface area (Å²) in [5.74, 6) is -0.0370. The molecule has 1 nitrogen and oxygen atoms in total. The molecule has 1 unspecified atom stereocenters. The minimum absolute atomic E-state index is 0.158. The molecule has 0 aliphatic heterocycles. The summed E-state index contributed by atoms with van der Waals surface area (Å²) in [5.41, 5.74) is 8.98. The Hall–Kier alpha value is -1.67. The highest BCUT2D eigenvalue weighted by Gasteiger charge is 2.11. The first-order valence-corrected chi connectivity index (χ1v) is 5.75. The molecule has 0 amide bonds. The van der Waals surface area contributed by atoms with Gasteiger partial charge in [-0.15, -0.1) is 0 Å². The summed E-state index contributed by atoms with van der Waals surface area (Å²) in [7, 11) is 0. The van der Waals surface area contributed by atoms with Gasteiger partial charge in [-0.2, -0.15) is 0 Å². The van der Waals surface area contributed by atoms with Crippen LogP contribution in [0.15, 0.2) is 48.5 Å². The van der Waals surface area contributed by atoms with E-state index in [2.05, 4.69) is 13.0 Å². The van der Waals surface area contributed by atoms with Crippen LogP contribution in [-0.2, 0) is 6.54 Å². The van der Waals surface area contributed by atoms with Crippen molar-refractivity contribution in [3.63, 3.8) is 0 Å². The van der Waals surface area contributed by atoms with Gasteiger partial charge in [0.15, 0.2) is 0 Å². The van der Waals surface area contributed by atoms with E-state index in [1.165, 1.54) is 11.6 Å². The molecule has 0 aliphatic rings. The van der Waals surface area contributed by atoms with Gasteiger partial charge in [-0.3, -0.25) is 0 Å². The van der Waals surface area contributed by atoms with Crippen molar-refractivity contribution in [2.75, 3.05) is 0 Å². The highest BCUT2D eigenvalue weighted by molar-refractivity contribution is 5.37. The van der Waals surface area contributed by atoms with Crippen LogP contribution in [0.25, 0.3) is 0 Å². The first-order valence-electron chi connectivity index (χ1n) is 5.75. The summed E-state index contributed by atoms with van der Waals surface area (Å²) < 4.78 is 13.2. The highest BCUT2D eigenvalue weighted by Crippen LogP contribution is 2.27. The monoisotopic (exact) mass is 229 g/mol. The molecule has 0 bridgehead atoms. The van der Waals surface area contributed by atoms with Crippen molar-refractivity contribution in [3.05, 3.63) is 71.0 Å². The zero-order chi connectivity index (χ0) is 12.3. The first-order chi connectivity index (χ1) is 8.22. The molecule has 0 spiro atoms. The van der Waals surface area contributed by atoms with Gasteiger partial charge in [-0.1, -0.05) is 43.3 Å². The first kappa shape index (κ1) is 11.8. The van der Waals surface area contributed by atoms with Crippen LogP contribution in [0.5, 0.6) is 0 Å². The van der Waals surface area contributed by atoms with Crippen LogP contribution < -0.4 is 5.73 Å². The van der Waals surface area contributed by atoms with E-state index in [9.17, 15) is 4.39 Å². The van der Waals surface area contributed by atoms with E-state index >= 15 is 0 Å². The van der Waals surface area contributed by atoms with Gasteiger partial charge in [-0.05, 0) is 28.8 Å². The Morgan fingerprint density at radius 3 is 2.59 bits per heavy atom. The molecule has 0 radical (unpaired) electrons. The minimum Gasteiger partial charge on any atom is -0.326 e. The molecule has 2 aromatic carbocycles. The number of halogens is 1. The van der Waals surface area contributed by atoms with Crippen molar-refractivity contribution in [1.82, 2.24) is 0 Å². The summed E-state index contributed by atoms with van der Waals surface area (Å²) in [6.07, 6.45) is 0. The van der Waals surface area contributed by atoms with Crippen LogP contribution >= 0.6 is 0 Å². The van der Waals surface area contributed by atoms with Crippen LogP contribution in [0.2, 0.25) is 0 Å². The summed E-state index contributed by atoms with van der Waals surface area (Å²) in [6, 6.07) is 14.8. The number of hydrogen-bond donors (Lipinski definition) is 1. The van der Waals surface area contributed by atoms with Crippen molar-refractivity contribution in [2.24, 2.45) is 5.73 Å². The van der Waals surface area contributed by atoms with E-state index in [1.54, 1.807) is 12.1 Å². The topological polar surface area (TPSA) is 26.0 Å². The Bertz CT molecular complexity index is 508. The number of hydrogen-bond acceptors (Lipinski definition) is 1. The molecular weight excluding hydrogens is 213 g/mol. The van der Waals surface area contributed by atoms with Crippen LogP contribution in [0, 0.1) is 5.82 Å². The molecule has 1 atom stereocenters. The lowest BCUT2D eigenvalue weighted by Crippen LogP contribution is -2.05. The third kappa shape index (κ3) is 2.53. The van der Waals surface area contributed by atoms with E-state index in [0.717, 1.165) is 11.1 Å². The average molecular weight is 229 g/mol. The molecule has 2 N–H and O–H groups in total. The predicted molar refractivity (Wildman–Crippen MR) is 68.3 cm³/mol. The van der Waals surface area contributed by atoms with Crippen molar-refractivity contribution in [3.8, 4) is 0 Å². The summed E-state index contributed by atoms with van der Waals surface area (Å²) in [4.78, 5) is 0. The maximum atomic E-state index is 13.2. The molecule has 0 saturated carbocycles. The fourth-order valence-corrected chi connectivity index (χ4v) is 2.10. The molecule has 0 aromatic heterocycles. The van der Waals surface area contributed by atoms with E-state index in [1.807, 2.05) is 24.3 Å². The second-order valence-electron chi connectivity index (χ2n) is 4.18. The third-order valence-electron chi connectivity index (χ3n) is 3.09. The lowest BCUT2D eigenvalue weighted by atomic mass is 9.89. The van der Waals surface area contributed by atoms with Crippen molar-refractivity contribution < 1.29 is 4.39 Å². The second kappa shape index (κ2) is 5.11. The fraction of sp³-hybridized carbons (Fsp3) is 0.200. The summed E-state index contributed by atoms with van der Waals surface area (Å²) in [6.45, 7) is 2.58. The molecule has 0 heterocycles. The molecule has 88 valence electrons. The van der Waals surface area contributed by atoms with Gasteiger partial charge in [0.1, 0.15) is 5.82 Å². The maximum absolute atomic E-state index is 13.2. The normalized spacial score (nSPS) is 12.4. The number of rotatable bonds is 3. The van der Waals surface area contributed by atoms with E-state index < -0.39 is 0 Å². The van der Waals surface area contributed by atoms with Crippen LogP contribution in [-0.4, -0.2) is 0 Å². The average Bonchev–Trinajstić information content (AvgIpc) is 2.38. The SMILES string of the molecule is CC(c1cccc(F)c1)c1ccccc1CN. The Morgan fingerprint density at radius 2 is 1.88 bits per heavy atom. The Morgan fingerprint density at radius 1 is 1.12 bits per heavy atom. The molecule has 2 rings (SSSR count). The molecule has 2 aromatic rings. The van der Waals surface area contributed by atoms with Crippen LogP contribution in [0.3, 0.4) is 0 Å². The summed E-state index contributed by atoms with van der Waals surface area (Å²) >= 11 is 0. The largest absolute Gasteiger partial charge is 0.326 e. The number of nitrogens with two attached hydrogens (primary N) is 1. The summed E-state index contributed by atoms with van der Waals surface area (Å²) in [5, 5.41) is 0. The molecule has 0 fully saturated rings. The van der Waals surface area contributed by atoms with Gasteiger partial charge >= 0.3 is 0 Å².